The first-order valence-corrected chi connectivity index (χ1v) is 5.64. The van der Waals surface area contributed by atoms with E-state index in [9.17, 15) is 9.90 Å². The van der Waals surface area contributed by atoms with Gasteiger partial charge in [-0.2, -0.15) is 0 Å². The van der Waals surface area contributed by atoms with E-state index in [1.54, 1.807) is 43.3 Å². The van der Waals surface area contributed by atoms with E-state index >= 15 is 0 Å². The molecular formula is C14H14N2O2. The van der Waals surface area contributed by atoms with Crippen molar-refractivity contribution in [1.82, 2.24) is 4.98 Å². The summed E-state index contributed by atoms with van der Waals surface area (Å²) in [6.45, 7) is 1.64. The molecule has 1 unspecified atom stereocenters. The number of primary amides is 1. The molecule has 0 aliphatic heterocycles. The van der Waals surface area contributed by atoms with Crippen LogP contribution in [0.2, 0.25) is 0 Å². The molecule has 0 fully saturated rings. The van der Waals surface area contributed by atoms with Crippen molar-refractivity contribution in [3.05, 3.63) is 53.7 Å². The molecule has 92 valence electrons. The predicted molar refractivity (Wildman–Crippen MR) is 68.8 cm³/mol. The number of nitrogens with two attached hydrogens (primary N) is 1. The summed E-state index contributed by atoms with van der Waals surface area (Å²) in [6, 6.07) is 12.3. The Morgan fingerprint density at radius 3 is 2.61 bits per heavy atom. The van der Waals surface area contributed by atoms with Gasteiger partial charge < -0.3 is 10.8 Å². The van der Waals surface area contributed by atoms with Crippen LogP contribution >= 0.6 is 0 Å². The van der Waals surface area contributed by atoms with Gasteiger partial charge in [0, 0.05) is 11.1 Å². The average Bonchev–Trinajstić information content (AvgIpc) is 2.39. The normalized spacial score (nSPS) is 12.1. The van der Waals surface area contributed by atoms with Crippen LogP contribution in [-0.2, 0) is 0 Å². The summed E-state index contributed by atoms with van der Waals surface area (Å²) in [5.41, 5.74) is 7.62. The minimum atomic E-state index is -0.648. The van der Waals surface area contributed by atoms with Gasteiger partial charge in [-0.15, -0.1) is 0 Å². The number of amides is 1. The number of aliphatic hydroxyl groups excluding tert-OH is 1. The molecule has 18 heavy (non-hydrogen) atoms. The third-order valence-corrected chi connectivity index (χ3v) is 2.67. The SMILES string of the molecule is CC(O)c1cccc(-c2ccccc2C(N)=O)n1. The van der Waals surface area contributed by atoms with E-state index in [2.05, 4.69) is 4.98 Å². The number of pyridine rings is 1. The minimum absolute atomic E-state index is 0.424. The van der Waals surface area contributed by atoms with Gasteiger partial charge in [0.05, 0.1) is 17.5 Å². The highest BCUT2D eigenvalue weighted by Crippen LogP contribution is 2.23. The lowest BCUT2D eigenvalue weighted by molar-refractivity contribution is 0.100. The van der Waals surface area contributed by atoms with Gasteiger partial charge in [-0.3, -0.25) is 9.78 Å². The number of carbonyl (C=O) groups is 1. The Bertz CT molecular complexity index is 580. The lowest BCUT2D eigenvalue weighted by Crippen LogP contribution is -2.12. The fourth-order valence-corrected chi connectivity index (χ4v) is 1.76. The Hall–Kier alpha value is -2.20. The molecule has 0 saturated carbocycles. The summed E-state index contributed by atoms with van der Waals surface area (Å²) in [4.78, 5) is 15.7. The van der Waals surface area contributed by atoms with Gasteiger partial charge in [0.15, 0.2) is 0 Å². The molecule has 0 radical (unpaired) electrons. The third-order valence-electron chi connectivity index (χ3n) is 2.67. The first kappa shape index (κ1) is 12.3. The zero-order valence-corrected chi connectivity index (χ0v) is 10.00. The molecule has 0 spiro atoms. The largest absolute Gasteiger partial charge is 0.387 e. The first-order valence-electron chi connectivity index (χ1n) is 5.64. The van der Waals surface area contributed by atoms with Gasteiger partial charge in [-0.25, -0.2) is 0 Å². The summed E-state index contributed by atoms with van der Waals surface area (Å²) in [5.74, 6) is -0.491. The molecule has 0 aliphatic rings. The van der Waals surface area contributed by atoms with Gasteiger partial charge in [0.25, 0.3) is 0 Å². The fourth-order valence-electron chi connectivity index (χ4n) is 1.76. The lowest BCUT2D eigenvalue weighted by atomic mass is 10.0. The lowest BCUT2D eigenvalue weighted by Gasteiger charge is -2.09. The van der Waals surface area contributed by atoms with Crippen LogP contribution in [0.25, 0.3) is 11.3 Å². The van der Waals surface area contributed by atoms with E-state index in [4.69, 9.17) is 5.73 Å². The highest BCUT2D eigenvalue weighted by atomic mass is 16.3. The summed E-state index contributed by atoms with van der Waals surface area (Å²) < 4.78 is 0. The van der Waals surface area contributed by atoms with Crippen LogP contribution in [0.5, 0.6) is 0 Å². The van der Waals surface area contributed by atoms with E-state index < -0.39 is 12.0 Å². The maximum Gasteiger partial charge on any atom is 0.249 e. The number of carbonyl (C=O) groups excluding carboxylic acids is 1. The number of rotatable bonds is 3. The summed E-state index contributed by atoms with van der Waals surface area (Å²) >= 11 is 0. The van der Waals surface area contributed by atoms with E-state index in [1.165, 1.54) is 0 Å². The quantitative estimate of drug-likeness (QED) is 0.863. The Balaban J connectivity index is 2.55. The molecule has 4 nitrogen and oxygen atoms in total. The molecule has 0 aliphatic carbocycles. The Morgan fingerprint density at radius 1 is 1.22 bits per heavy atom. The first-order chi connectivity index (χ1) is 8.59. The molecule has 1 aromatic carbocycles. The van der Waals surface area contributed by atoms with Crippen molar-refractivity contribution in [2.24, 2.45) is 5.73 Å². The van der Waals surface area contributed by atoms with Gasteiger partial charge in [-0.05, 0) is 25.1 Å². The highest BCUT2D eigenvalue weighted by molar-refractivity contribution is 5.99. The van der Waals surface area contributed by atoms with E-state index in [0.29, 0.717) is 22.5 Å². The number of aliphatic hydroxyl groups is 1. The second-order valence-electron chi connectivity index (χ2n) is 4.03. The zero-order valence-electron chi connectivity index (χ0n) is 10.00. The van der Waals surface area contributed by atoms with E-state index in [0.717, 1.165) is 0 Å². The van der Waals surface area contributed by atoms with Crippen molar-refractivity contribution in [2.45, 2.75) is 13.0 Å². The molecular weight excluding hydrogens is 228 g/mol. The number of hydrogen-bond acceptors (Lipinski definition) is 3. The van der Waals surface area contributed by atoms with Crippen LogP contribution in [0.3, 0.4) is 0 Å². The highest BCUT2D eigenvalue weighted by Gasteiger charge is 2.11. The van der Waals surface area contributed by atoms with Crippen LogP contribution in [0.15, 0.2) is 42.5 Å². The van der Waals surface area contributed by atoms with Crippen molar-refractivity contribution in [1.29, 1.82) is 0 Å². The number of benzene rings is 1. The monoisotopic (exact) mass is 242 g/mol. The van der Waals surface area contributed by atoms with Crippen molar-refractivity contribution < 1.29 is 9.90 Å². The molecule has 4 heteroatoms. The standard InChI is InChI=1S/C14H14N2O2/c1-9(17)12-7-4-8-13(16-12)10-5-2-3-6-11(10)14(15)18/h2-9,17H,1H3,(H2,15,18). The topological polar surface area (TPSA) is 76.2 Å². The van der Waals surface area contributed by atoms with Crippen molar-refractivity contribution in [3.63, 3.8) is 0 Å². The van der Waals surface area contributed by atoms with Crippen LogP contribution in [-0.4, -0.2) is 16.0 Å². The van der Waals surface area contributed by atoms with Crippen LogP contribution in [0.4, 0.5) is 0 Å². The van der Waals surface area contributed by atoms with Crippen LogP contribution < -0.4 is 5.73 Å². The second-order valence-corrected chi connectivity index (χ2v) is 4.03. The molecule has 1 heterocycles. The predicted octanol–water partition coefficient (Wildman–Crippen LogP) is 1.90. The molecule has 2 aromatic rings. The Morgan fingerprint density at radius 2 is 1.94 bits per heavy atom. The minimum Gasteiger partial charge on any atom is -0.387 e. The number of hydrogen-bond donors (Lipinski definition) is 2. The second kappa shape index (κ2) is 4.98. The number of aromatic nitrogens is 1. The molecule has 2 rings (SSSR count). The van der Waals surface area contributed by atoms with Crippen LogP contribution in [0, 0.1) is 0 Å². The van der Waals surface area contributed by atoms with Crippen LogP contribution in [0.1, 0.15) is 29.1 Å². The van der Waals surface area contributed by atoms with Gasteiger partial charge in [0.1, 0.15) is 0 Å². The van der Waals surface area contributed by atoms with E-state index in [1.807, 2.05) is 6.07 Å². The maximum atomic E-state index is 11.4. The average molecular weight is 242 g/mol. The van der Waals surface area contributed by atoms with Crippen molar-refractivity contribution >= 4 is 5.91 Å². The third kappa shape index (κ3) is 2.38. The Kier molecular flexibility index (Phi) is 3.39. The molecule has 1 amide bonds. The molecule has 3 N–H and O–H groups in total. The zero-order chi connectivity index (χ0) is 13.1. The number of nitrogens with zero attached hydrogens (tertiary/aromatic N) is 1. The van der Waals surface area contributed by atoms with Crippen molar-refractivity contribution in [3.8, 4) is 11.3 Å². The van der Waals surface area contributed by atoms with Gasteiger partial charge in [0.2, 0.25) is 5.91 Å². The van der Waals surface area contributed by atoms with Gasteiger partial charge in [-0.1, -0.05) is 24.3 Å². The fraction of sp³-hybridized carbons (Fsp3) is 0.143. The molecule has 1 aromatic heterocycles. The van der Waals surface area contributed by atoms with E-state index in [-0.39, 0.29) is 0 Å². The van der Waals surface area contributed by atoms with Crippen molar-refractivity contribution in [2.75, 3.05) is 0 Å². The maximum absolute atomic E-state index is 11.4. The summed E-state index contributed by atoms with van der Waals surface area (Å²) in [5, 5.41) is 9.52. The summed E-state index contributed by atoms with van der Waals surface area (Å²) in [7, 11) is 0. The molecule has 1 atom stereocenters. The molecule has 0 bridgehead atoms. The smallest absolute Gasteiger partial charge is 0.249 e. The summed E-state index contributed by atoms with van der Waals surface area (Å²) in [6.07, 6.45) is -0.648. The Labute approximate surface area is 105 Å². The molecule has 0 saturated heterocycles. The van der Waals surface area contributed by atoms with Gasteiger partial charge >= 0.3 is 0 Å².